The summed E-state index contributed by atoms with van der Waals surface area (Å²) in [5.74, 6) is 0. The second-order valence-electron chi connectivity index (χ2n) is 2.88. The summed E-state index contributed by atoms with van der Waals surface area (Å²) in [6.07, 6.45) is -0.390. The van der Waals surface area contributed by atoms with Gasteiger partial charge in [0, 0.05) is 0 Å². The van der Waals surface area contributed by atoms with Crippen LogP contribution in [0.2, 0.25) is 0 Å². The molecule has 0 aromatic carbocycles. The van der Waals surface area contributed by atoms with Crippen molar-refractivity contribution in [2.24, 2.45) is 0 Å². The minimum atomic E-state index is -0.541. The molecule has 0 saturated carbocycles. The van der Waals surface area contributed by atoms with Gasteiger partial charge in [-0.05, 0) is 0 Å². The summed E-state index contributed by atoms with van der Waals surface area (Å²) in [4.78, 5) is 20.8. The van der Waals surface area contributed by atoms with Crippen LogP contribution >= 0.6 is 0 Å². The van der Waals surface area contributed by atoms with Gasteiger partial charge < -0.3 is 0 Å². The Morgan fingerprint density at radius 3 is 1.46 bits per heavy atom. The van der Waals surface area contributed by atoms with E-state index >= 15 is 0 Å². The quantitative estimate of drug-likeness (QED) is 0.694. The fourth-order valence-corrected chi connectivity index (χ4v) is 1.29. The minimum absolute atomic E-state index is 0.195. The summed E-state index contributed by atoms with van der Waals surface area (Å²) >= 11 is -0.309. The molecule has 0 heterocycles. The number of carbonyl (C=O) groups is 2. The van der Waals surface area contributed by atoms with Crippen molar-refractivity contribution in [1.82, 2.24) is 0 Å². The Kier molecular flexibility index (Phi) is 5.75. The van der Waals surface area contributed by atoms with E-state index < -0.39 is 9.74 Å². The number of carbonyl (C=O) groups excluding carboxylic acids is 2. The van der Waals surface area contributed by atoms with E-state index in [0.717, 1.165) is 0 Å². The van der Waals surface area contributed by atoms with Gasteiger partial charge in [-0.25, -0.2) is 0 Å². The summed E-state index contributed by atoms with van der Waals surface area (Å²) in [7, 11) is 0. The molecule has 5 heteroatoms. The van der Waals surface area contributed by atoms with Crippen LogP contribution < -0.4 is 0 Å². The van der Waals surface area contributed by atoms with Crippen LogP contribution in [0.15, 0.2) is 0 Å². The molecule has 0 fully saturated rings. The van der Waals surface area contributed by atoms with Gasteiger partial charge in [0.15, 0.2) is 0 Å². The third-order valence-corrected chi connectivity index (χ3v) is 1.51. The molecule has 0 aromatic heterocycles. The fourth-order valence-electron chi connectivity index (χ4n) is 0.460. The standard InChI is InChI=1S/2C4H7O2.Fe/c2*1-4(2)6-3-5;/h2*4H,1-2H3;. The van der Waals surface area contributed by atoms with Crippen LogP contribution in [0.3, 0.4) is 0 Å². The van der Waals surface area contributed by atoms with Gasteiger partial charge in [0.1, 0.15) is 0 Å². The first kappa shape index (κ1) is 12.5. The predicted octanol–water partition coefficient (Wildman–Crippen LogP) is 2.16. The van der Waals surface area contributed by atoms with Crippen LogP contribution in [-0.2, 0) is 24.4 Å². The van der Waals surface area contributed by atoms with E-state index in [1.165, 1.54) is 0 Å². The van der Waals surface area contributed by atoms with Crippen LogP contribution in [0.25, 0.3) is 0 Å². The first-order chi connectivity index (χ1) is 5.91. The Balaban J connectivity index is 3.72. The van der Waals surface area contributed by atoms with Crippen molar-refractivity contribution in [3.8, 4) is 0 Å². The molecule has 13 heavy (non-hydrogen) atoms. The Morgan fingerprint density at radius 2 is 1.23 bits per heavy atom. The van der Waals surface area contributed by atoms with Gasteiger partial charge in [0.2, 0.25) is 0 Å². The van der Waals surface area contributed by atoms with Gasteiger partial charge >= 0.3 is 83.7 Å². The molecule has 0 unspecified atom stereocenters. The third kappa shape index (κ3) is 7.81. The number of rotatable bonds is 4. The zero-order valence-corrected chi connectivity index (χ0v) is 9.25. The molecule has 0 aliphatic heterocycles. The number of ether oxygens (including phenoxy) is 2. The van der Waals surface area contributed by atoms with Crippen LogP contribution in [0, 0.1) is 0 Å². The molecule has 0 bridgehead atoms. The van der Waals surface area contributed by atoms with Gasteiger partial charge in [-0.2, -0.15) is 0 Å². The molecule has 0 rings (SSSR count). The zero-order chi connectivity index (χ0) is 10.4. The van der Waals surface area contributed by atoms with Crippen molar-refractivity contribution in [2.45, 2.75) is 39.9 Å². The van der Waals surface area contributed by atoms with Crippen molar-refractivity contribution >= 4 is 9.74 Å². The normalized spacial score (nSPS) is 10.6. The maximum absolute atomic E-state index is 10.9. The van der Waals surface area contributed by atoms with Gasteiger partial charge in [-0.3, -0.25) is 0 Å². The number of hydrogen-bond acceptors (Lipinski definition) is 4. The van der Waals surface area contributed by atoms with E-state index in [-0.39, 0.29) is 27.2 Å². The third-order valence-electron chi connectivity index (χ3n) is 0.795. The van der Waals surface area contributed by atoms with Crippen molar-refractivity contribution in [3.05, 3.63) is 0 Å². The Hall–Kier alpha value is -0.541. The molecule has 78 valence electrons. The van der Waals surface area contributed by atoms with Crippen LogP contribution in [0.5, 0.6) is 0 Å². The molecule has 0 aromatic rings. The predicted molar refractivity (Wildman–Crippen MR) is 43.2 cm³/mol. The fraction of sp³-hybridized carbons (Fsp3) is 0.750. The van der Waals surface area contributed by atoms with E-state index in [2.05, 4.69) is 0 Å². The topological polar surface area (TPSA) is 52.6 Å². The van der Waals surface area contributed by atoms with Gasteiger partial charge in [0.05, 0.1) is 0 Å². The first-order valence-corrected chi connectivity index (χ1v) is 5.06. The number of hydrogen-bond donors (Lipinski definition) is 0. The Morgan fingerprint density at radius 1 is 0.923 bits per heavy atom. The SMILES string of the molecule is CC(C)O[C](=O)[Fe][C](=O)OC(C)C. The second kappa shape index (κ2) is 6.00. The average Bonchev–Trinajstić information content (AvgIpc) is 1.80. The van der Waals surface area contributed by atoms with E-state index in [1.807, 2.05) is 0 Å². The maximum atomic E-state index is 10.9. The van der Waals surface area contributed by atoms with E-state index in [1.54, 1.807) is 27.7 Å². The van der Waals surface area contributed by atoms with Crippen molar-refractivity contribution < 1.29 is 34.0 Å². The summed E-state index contributed by atoms with van der Waals surface area (Å²) in [6.45, 7) is 6.91. The second-order valence-corrected chi connectivity index (χ2v) is 4.05. The molecular formula is C8H14FeO4. The van der Waals surface area contributed by atoms with Crippen LogP contribution in [0.4, 0.5) is 9.59 Å². The van der Waals surface area contributed by atoms with Gasteiger partial charge in [0.25, 0.3) is 0 Å². The summed E-state index contributed by atoms with van der Waals surface area (Å²) in [5, 5.41) is 0. The van der Waals surface area contributed by atoms with E-state index in [0.29, 0.717) is 0 Å². The summed E-state index contributed by atoms with van der Waals surface area (Å²) < 4.78 is 9.53. The molecular weight excluding hydrogens is 216 g/mol. The molecule has 0 aliphatic carbocycles. The van der Waals surface area contributed by atoms with Crippen LogP contribution in [0.1, 0.15) is 27.7 Å². The van der Waals surface area contributed by atoms with Gasteiger partial charge in [-0.15, -0.1) is 0 Å². The van der Waals surface area contributed by atoms with Crippen molar-refractivity contribution in [2.75, 3.05) is 0 Å². The molecule has 0 saturated heterocycles. The average molecular weight is 230 g/mol. The first-order valence-electron chi connectivity index (χ1n) is 3.95. The van der Waals surface area contributed by atoms with Gasteiger partial charge in [-0.1, -0.05) is 0 Å². The molecule has 0 aliphatic rings. The summed E-state index contributed by atoms with van der Waals surface area (Å²) in [6, 6.07) is 0. The molecule has 0 N–H and O–H groups in total. The van der Waals surface area contributed by atoms with E-state index in [4.69, 9.17) is 9.47 Å². The molecule has 0 atom stereocenters. The van der Waals surface area contributed by atoms with Crippen molar-refractivity contribution in [3.63, 3.8) is 0 Å². The van der Waals surface area contributed by atoms with Crippen molar-refractivity contribution in [1.29, 1.82) is 0 Å². The molecule has 4 nitrogen and oxygen atoms in total. The molecule has 0 radical (unpaired) electrons. The molecule has 0 spiro atoms. The van der Waals surface area contributed by atoms with Crippen LogP contribution in [-0.4, -0.2) is 21.9 Å². The van der Waals surface area contributed by atoms with E-state index in [9.17, 15) is 9.59 Å². The summed E-state index contributed by atoms with van der Waals surface area (Å²) in [5.41, 5.74) is 0. The monoisotopic (exact) mass is 230 g/mol. The molecule has 0 amide bonds. The zero-order valence-electron chi connectivity index (χ0n) is 8.14. The Labute approximate surface area is 84.1 Å². The Bertz CT molecular complexity index is 169.